The number of carboxylic acid groups (broad SMARTS) is 1. The minimum absolute atomic E-state index is 0.0171. The van der Waals surface area contributed by atoms with Gasteiger partial charge in [0, 0.05) is 24.9 Å². The van der Waals surface area contributed by atoms with Crippen LogP contribution in [0.1, 0.15) is 70.4 Å². The van der Waals surface area contributed by atoms with Gasteiger partial charge in [-0.05, 0) is 44.6 Å². The van der Waals surface area contributed by atoms with Gasteiger partial charge in [-0.25, -0.2) is 18.6 Å². The van der Waals surface area contributed by atoms with Gasteiger partial charge in [0.1, 0.15) is 5.76 Å². The molecule has 1 amide bonds. The Bertz CT molecular complexity index is 1170. The molecule has 1 aromatic rings. The molecule has 3 rings (SSSR count). The Morgan fingerprint density at radius 3 is 2.62 bits per heavy atom. The summed E-state index contributed by atoms with van der Waals surface area (Å²) in [5.74, 6) is -0.0633. The molecule has 0 bridgehead atoms. The van der Waals surface area contributed by atoms with Gasteiger partial charge in [-0.3, -0.25) is 14.6 Å². The predicted octanol–water partition coefficient (Wildman–Crippen LogP) is 4.08. The maximum atomic E-state index is 15.0. The van der Waals surface area contributed by atoms with Crippen LogP contribution >= 0.6 is 0 Å². The van der Waals surface area contributed by atoms with Gasteiger partial charge in [0.25, 0.3) is 5.91 Å². The number of aliphatic carboxylic acids is 1. The highest BCUT2D eigenvalue weighted by atomic mass is 19.2. The smallest absolute Gasteiger partial charge is 0.347 e. The summed E-state index contributed by atoms with van der Waals surface area (Å²) in [7, 11) is 0. The fourth-order valence-electron chi connectivity index (χ4n) is 4.46. The van der Waals surface area contributed by atoms with E-state index in [0.717, 1.165) is 0 Å². The molecule has 1 fully saturated rings. The number of nitrogens with zero attached hydrogens (tertiary/aromatic N) is 2. The Labute approximate surface area is 214 Å². The van der Waals surface area contributed by atoms with E-state index in [1.54, 1.807) is 11.9 Å². The SMILES string of the molecule is CC(C)COC(=O)C1=C(O)C2(C)CCCN2N(Cc2ccc(C#CCCCCC(=O)O)c(F)c2F)C1=O. The molecule has 1 saturated heterocycles. The van der Waals surface area contributed by atoms with Crippen molar-refractivity contribution in [2.45, 2.75) is 71.4 Å². The lowest BCUT2D eigenvalue weighted by Crippen LogP contribution is -2.60. The van der Waals surface area contributed by atoms with Crippen LogP contribution in [-0.4, -0.2) is 56.8 Å². The first-order valence-electron chi connectivity index (χ1n) is 12.3. The zero-order valence-electron chi connectivity index (χ0n) is 21.3. The lowest BCUT2D eigenvalue weighted by molar-refractivity contribution is -0.164. The third kappa shape index (κ3) is 6.10. The van der Waals surface area contributed by atoms with Crippen molar-refractivity contribution in [1.29, 1.82) is 0 Å². The summed E-state index contributed by atoms with van der Waals surface area (Å²) in [6, 6.07) is 2.66. The van der Waals surface area contributed by atoms with Crippen LogP contribution in [0, 0.1) is 29.4 Å². The molecule has 0 spiro atoms. The average Bonchev–Trinajstić information content (AvgIpc) is 3.24. The molecule has 0 aliphatic carbocycles. The number of amides is 1. The van der Waals surface area contributed by atoms with E-state index in [2.05, 4.69) is 11.8 Å². The first-order valence-corrected chi connectivity index (χ1v) is 12.3. The van der Waals surface area contributed by atoms with Crippen molar-refractivity contribution in [2.75, 3.05) is 13.2 Å². The van der Waals surface area contributed by atoms with E-state index in [1.807, 2.05) is 13.8 Å². The number of ether oxygens (including phenoxy) is 1. The van der Waals surface area contributed by atoms with Crippen LogP contribution in [0.3, 0.4) is 0 Å². The minimum atomic E-state index is -1.16. The molecule has 1 unspecified atom stereocenters. The second kappa shape index (κ2) is 11.7. The molecule has 37 heavy (non-hydrogen) atoms. The van der Waals surface area contributed by atoms with Crippen LogP contribution in [0.2, 0.25) is 0 Å². The summed E-state index contributed by atoms with van der Waals surface area (Å²) in [6.07, 6.45) is 2.41. The summed E-state index contributed by atoms with van der Waals surface area (Å²) in [5, 5.41) is 22.3. The number of hydrogen-bond donors (Lipinski definition) is 2. The zero-order chi connectivity index (χ0) is 27.3. The maximum Gasteiger partial charge on any atom is 0.347 e. The predicted molar refractivity (Wildman–Crippen MR) is 130 cm³/mol. The van der Waals surface area contributed by atoms with Crippen molar-refractivity contribution in [2.24, 2.45) is 5.92 Å². The van der Waals surface area contributed by atoms with Crippen molar-refractivity contribution in [1.82, 2.24) is 10.0 Å². The second-order valence-corrected chi connectivity index (χ2v) is 9.88. The first kappa shape index (κ1) is 28.1. The number of halogens is 2. The molecule has 2 aliphatic heterocycles. The molecule has 2 aliphatic rings. The summed E-state index contributed by atoms with van der Waals surface area (Å²) in [5.41, 5.74) is -1.80. The van der Waals surface area contributed by atoms with Gasteiger partial charge in [-0.2, -0.15) is 0 Å². The van der Waals surface area contributed by atoms with Crippen molar-refractivity contribution < 1.29 is 38.1 Å². The third-order valence-corrected chi connectivity index (χ3v) is 6.49. The van der Waals surface area contributed by atoms with Gasteiger partial charge in [0.2, 0.25) is 0 Å². The van der Waals surface area contributed by atoms with E-state index in [1.165, 1.54) is 17.1 Å². The largest absolute Gasteiger partial charge is 0.509 e. The van der Waals surface area contributed by atoms with Crippen LogP contribution < -0.4 is 0 Å². The molecule has 200 valence electrons. The fourth-order valence-corrected chi connectivity index (χ4v) is 4.46. The van der Waals surface area contributed by atoms with Crippen LogP contribution in [-0.2, 0) is 25.7 Å². The van der Waals surface area contributed by atoms with Gasteiger partial charge in [-0.15, -0.1) is 0 Å². The number of benzene rings is 1. The number of rotatable bonds is 9. The van der Waals surface area contributed by atoms with Crippen LogP contribution in [0.15, 0.2) is 23.5 Å². The van der Waals surface area contributed by atoms with Gasteiger partial charge in [0.05, 0.1) is 24.3 Å². The monoisotopic (exact) mass is 518 g/mol. The lowest BCUT2D eigenvalue weighted by Gasteiger charge is -2.46. The van der Waals surface area contributed by atoms with Gasteiger partial charge in [0.15, 0.2) is 17.2 Å². The normalized spacial score (nSPS) is 19.6. The van der Waals surface area contributed by atoms with Gasteiger partial charge >= 0.3 is 11.9 Å². The first-order chi connectivity index (χ1) is 17.5. The van der Waals surface area contributed by atoms with Crippen LogP contribution in [0.25, 0.3) is 0 Å². The Kier molecular flexibility index (Phi) is 8.92. The fraction of sp³-hybridized carbons (Fsp3) is 0.519. The summed E-state index contributed by atoms with van der Waals surface area (Å²) in [4.78, 5) is 36.6. The van der Waals surface area contributed by atoms with Crippen molar-refractivity contribution in [3.05, 3.63) is 46.2 Å². The Morgan fingerprint density at radius 2 is 1.95 bits per heavy atom. The number of esters is 1. The third-order valence-electron chi connectivity index (χ3n) is 6.49. The number of aliphatic hydroxyl groups is 1. The van der Waals surface area contributed by atoms with Crippen LogP contribution in [0.4, 0.5) is 8.78 Å². The summed E-state index contributed by atoms with van der Waals surface area (Å²) >= 11 is 0. The number of carbonyl (C=O) groups excluding carboxylic acids is 2. The quantitative estimate of drug-likeness (QED) is 0.220. The highest BCUT2D eigenvalue weighted by molar-refractivity contribution is 6.17. The van der Waals surface area contributed by atoms with E-state index in [-0.39, 0.29) is 42.4 Å². The molecular formula is C27H32F2N2O6. The van der Waals surface area contributed by atoms with E-state index in [4.69, 9.17) is 9.84 Å². The molecule has 10 heteroatoms. The number of aliphatic hydroxyl groups excluding tert-OH is 1. The van der Waals surface area contributed by atoms with E-state index in [9.17, 15) is 23.9 Å². The number of carboxylic acids is 1. The highest BCUT2D eigenvalue weighted by Crippen LogP contribution is 2.42. The molecule has 0 radical (unpaired) electrons. The van der Waals surface area contributed by atoms with Crippen LogP contribution in [0.5, 0.6) is 0 Å². The summed E-state index contributed by atoms with van der Waals surface area (Å²) < 4.78 is 35.0. The molecule has 1 atom stereocenters. The molecule has 0 saturated carbocycles. The van der Waals surface area contributed by atoms with Crippen molar-refractivity contribution in [3.8, 4) is 11.8 Å². The van der Waals surface area contributed by atoms with Crippen molar-refractivity contribution >= 4 is 17.8 Å². The molecule has 0 aromatic heterocycles. The van der Waals surface area contributed by atoms with Gasteiger partial charge < -0.3 is 14.9 Å². The minimum Gasteiger partial charge on any atom is -0.509 e. The average molecular weight is 519 g/mol. The Hall–Kier alpha value is -3.45. The molecule has 2 N–H and O–H groups in total. The maximum absolute atomic E-state index is 15.0. The summed E-state index contributed by atoms with van der Waals surface area (Å²) in [6.45, 7) is 5.45. The molecular weight excluding hydrogens is 486 g/mol. The number of fused-ring (bicyclic) bond motifs is 1. The molecule has 1 aromatic carbocycles. The highest BCUT2D eigenvalue weighted by Gasteiger charge is 2.53. The molecule has 8 nitrogen and oxygen atoms in total. The second-order valence-electron chi connectivity index (χ2n) is 9.88. The number of hydrazine groups is 1. The molecule has 2 heterocycles. The van der Waals surface area contributed by atoms with Gasteiger partial charge in [-0.1, -0.05) is 31.8 Å². The van der Waals surface area contributed by atoms with E-state index >= 15 is 4.39 Å². The topological polar surface area (TPSA) is 107 Å². The number of hydrogen-bond acceptors (Lipinski definition) is 6. The number of unbranched alkanes of at least 4 members (excludes halogenated alkanes) is 2. The lowest BCUT2D eigenvalue weighted by atomic mass is 9.91. The van der Waals surface area contributed by atoms with E-state index < -0.39 is 40.6 Å². The van der Waals surface area contributed by atoms with Crippen molar-refractivity contribution in [3.63, 3.8) is 0 Å². The zero-order valence-corrected chi connectivity index (χ0v) is 21.3. The Morgan fingerprint density at radius 1 is 1.22 bits per heavy atom. The standard InChI is InChI=1S/C27H32F2N2O6/c1-17(2)16-37-26(36)21-24(34)27(3)13-8-14-31(27)30(25(21)35)15-19-12-11-18(22(28)23(19)29)9-6-4-5-7-10-20(32)33/h11-12,17,34H,4-5,7-8,10,13-16H2,1-3H3,(H,32,33). The Balaban J connectivity index is 1.83. The van der Waals surface area contributed by atoms with E-state index in [0.29, 0.717) is 38.6 Å². The number of carbonyl (C=O) groups is 3.